The maximum absolute atomic E-state index is 5.69. The van der Waals surface area contributed by atoms with Crippen molar-refractivity contribution in [2.24, 2.45) is 0 Å². The van der Waals surface area contributed by atoms with Crippen LogP contribution in [0.25, 0.3) is 0 Å². The van der Waals surface area contributed by atoms with Gasteiger partial charge in [0.15, 0.2) is 0 Å². The van der Waals surface area contributed by atoms with Crippen LogP contribution in [0.4, 0.5) is 5.69 Å². The number of alkyl halides is 1. The van der Waals surface area contributed by atoms with Gasteiger partial charge in [0.2, 0.25) is 0 Å². The van der Waals surface area contributed by atoms with Gasteiger partial charge in [-0.05, 0) is 30.7 Å². The highest BCUT2D eigenvalue weighted by atomic mass is 35.5. The van der Waals surface area contributed by atoms with Crippen molar-refractivity contribution in [1.29, 1.82) is 0 Å². The lowest BCUT2D eigenvalue weighted by molar-refractivity contribution is 0.856. The van der Waals surface area contributed by atoms with Gasteiger partial charge in [0, 0.05) is 35.3 Å². The SMILES string of the molecule is CC(C)Sc1ccc(N(C)CCCCl)cc1. The molecule has 0 atom stereocenters. The zero-order valence-electron chi connectivity index (χ0n) is 10.2. The van der Waals surface area contributed by atoms with Gasteiger partial charge in [-0.2, -0.15) is 0 Å². The molecule has 0 aromatic heterocycles. The largest absolute Gasteiger partial charge is 0.375 e. The summed E-state index contributed by atoms with van der Waals surface area (Å²) in [6, 6.07) is 8.74. The molecule has 1 aromatic rings. The molecular weight excluding hydrogens is 238 g/mol. The quantitative estimate of drug-likeness (QED) is 0.554. The zero-order valence-corrected chi connectivity index (χ0v) is 11.8. The van der Waals surface area contributed by atoms with Crippen LogP contribution in [0.15, 0.2) is 29.2 Å². The van der Waals surface area contributed by atoms with Crippen molar-refractivity contribution in [2.75, 3.05) is 24.4 Å². The molecule has 0 bridgehead atoms. The van der Waals surface area contributed by atoms with E-state index in [-0.39, 0.29) is 0 Å². The molecule has 0 N–H and O–H groups in total. The third-order valence-electron chi connectivity index (χ3n) is 2.28. The van der Waals surface area contributed by atoms with Gasteiger partial charge < -0.3 is 4.90 Å². The van der Waals surface area contributed by atoms with E-state index in [0.717, 1.165) is 18.8 Å². The van der Waals surface area contributed by atoms with Crippen molar-refractivity contribution < 1.29 is 0 Å². The van der Waals surface area contributed by atoms with E-state index in [1.807, 2.05) is 11.8 Å². The molecule has 90 valence electrons. The third kappa shape index (κ3) is 4.67. The second-order valence-electron chi connectivity index (χ2n) is 4.12. The van der Waals surface area contributed by atoms with E-state index in [0.29, 0.717) is 5.25 Å². The van der Waals surface area contributed by atoms with Crippen LogP contribution in [-0.2, 0) is 0 Å². The summed E-state index contributed by atoms with van der Waals surface area (Å²) in [7, 11) is 2.11. The van der Waals surface area contributed by atoms with Crippen LogP contribution >= 0.6 is 23.4 Å². The molecule has 0 amide bonds. The minimum Gasteiger partial charge on any atom is -0.375 e. The van der Waals surface area contributed by atoms with E-state index in [4.69, 9.17) is 11.6 Å². The molecule has 0 heterocycles. The molecule has 3 heteroatoms. The van der Waals surface area contributed by atoms with E-state index < -0.39 is 0 Å². The minimum absolute atomic E-state index is 0.639. The maximum Gasteiger partial charge on any atom is 0.0364 e. The number of nitrogens with zero attached hydrogens (tertiary/aromatic N) is 1. The molecular formula is C13H20ClNS. The Morgan fingerprint density at radius 3 is 2.38 bits per heavy atom. The Balaban J connectivity index is 2.56. The Bertz CT molecular complexity index is 297. The molecule has 0 saturated heterocycles. The van der Waals surface area contributed by atoms with E-state index in [1.54, 1.807) is 0 Å². The summed E-state index contributed by atoms with van der Waals surface area (Å²) in [6.45, 7) is 5.44. The zero-order chi connectivity index (χ0) is 12.0. The minimum atomic E-state index is 0.639. The average Bonchev–Trinajstić information content (AvgIpc) is 2.26. The smallest absolute Gasteiger partial charge is 0.0364 e. The molecule has 1 rings (SSSR count). The van der Waals surface area contributed by atoms with Gasteiger partial charge in [0.1, 0.15) is 0 Å². The first-order valence-corrected chi connectivity index (χ1v) is 7.08. The van der Waals surface area contributed by atoms with Crippen LogP contribution in [0.1, 0.15) is 20.3 Å². The van der Waals surface area contributed by atoms with Crippen molar-refractivity contribution in [1.82, 2.24) is 0 Å². The average molecular weight is 258 g/mol. The first-order valence-electron chi connectivity index (χ1n) is 5.67. The number of hydrogen-bond acceptors (Lipinski definition) is 2. The molecule has 0 fully saturated rings. The van der Waals surface area contributed by atoms with Gasteiger partial charge in [-0.25, -0.2) is 0 Å². The Morgan fingerprint density at radius 1 is 1.25 bits per heavy atom. The van der Waals surface area contributed by atoms with Gasteiger partial charge in [0.25, 0.3) is 0 Å². The highest BCUT2D eigenvalue weighted by Crippen LogP contribution is 2.25. The standard InChI is InChI=1S/C13H20ClNS/c1-11(2)16-13-7-5-12(6-8-13)15(3)10-4-9-14/h5-8,11H,4,9-10H2,1-3H3. The molecule has 0 radical (unpaired) electrons. The number of hydrogen-bond donors (Lipinski definition) is 0. The number of anilines is 1. The lowest BCUT2D eigenvalue weighted by Gasteiger charge is -2.19. The summed E-state index contributed by atoms with van der Waals surface area (Å²) in [5.41, 5.74) is 1.26. The summed E-state index contributed by atoms with van der Waals surface area (Å²) < 4.78 is 0. The van der Waals surface area contributed by atoms with Gasteiger partial charge in [-0.15, -0.1) is 23.4 Å². The number of rotatable bonds is 6. The van der Waals surface area contributed by atoms with Crippen LogP contribution in [0.5, 0.6) is 0 Å². The van der Waals surface area contributed by atoms with Crippen molar-refractivity contribution in [3.8, 4) is 0 Å². The normalized spacial score (nSPS) is 10.8. The summed E-state index contributed by atoms with van der Waals surface area (Å²) in [6.07, 6.45) is 1.03. The van der Waals surface area contributed by atoms with E-state index in [2.05, 4.69) is 50.1 Å². The molecule has 0 aliphatic rings. The first kappa shape index (κ1) is 13.7. The van der Waals surface area contributed by atoms with E-state index in [9.17, 15) is 0 Å². The summed E-state index contributed by atoms with van der Waals surface area (Å²) in [4.78, 5) is 3.58. The van der Waals surface area contributed by atoms with Crippen LogP contribution in [-0.4, -0.2) is 24.7 Å². The first-order chi connectivity index (χ1) is 7.63. The fourth-order valence-electron chi connectivity index (χ4n) is 1.48. The molecule has 1 aromatic carbocycles. The van der Waals surface area contributed by atoms with Crippen molar-refractivity contribution >= 4 is 29.1 Å². The topological polar surface area (TPSA) is 3.24 Å². The fraction of sp³-hybridized carbons (Fsp3) is 0.538. The summed E-state index contributed by atoms with van der Waals surface area (Å²) in [5, 5.41) is 0.639. The highest BCUT2D eigenvalue weighted by Gasteiger charge is 2.02. The molecule has 0 spiro atoms. The van der Waals surface area contributed by atoms with Gasteiger partial charge in [-0.1, -0.05) is 13.8 Å². The maximum atomic E-state index is 5.69. The highest BCUT2D eigenvalue weighted by molar-refractivity contribution is 7.99. The van der Waals surface area contributed by atoms with Gasteiger partial charge >= 0.3 is 0 Å². The Labute approximate surface area is 108 Å². The molecule has 0 aliphatic carbocycles. The van der Waals surface area contributed by atoms with Gasteiger partial charge in [0.05, 0.1) is 0 Å². The monoisotopic (exact) mass is 257 g/mol. The number of benzene rings is 1. The van der Waals surface area contributed by atoms with E-state index in [1.165, 1.54) is 10.6 Å². The Hall–Kier alpha value is -0.340. The van der Waals surface area contributed by atoms with Crippen molar-refractivity contribution in [3.05, 3.63) is 24.3 Å². The molecule has 0 aliphatic heterocycles. The second-order valence-corrected chi connectivity index (χ2v) is 6.15. The third-order valence-corrected chi connectivity index (χ3v) is 3.56. The molecule has 1 nitrogen and oxygen atoms in total. The predicted octanol–water partition coefficient (Wildman–Crippen LogP) is 4.25. The van der Waals surface area contributed by atoms with E-state index >= 15 is 0 Å². The number of halogens is 1. The summed E-state index contributed by atoms with van der Waals surface area (Å²) in [5.74, 6) is 0.728. The fourth-order valence-corrected chi connectivity index (χ4v) is 2.43. The van der Waals surface area contributed by atoms with Crippen molar-refractivity contribution in [3.63, 3.8) is 0 Å². The molecule has 0 saturated carbocycles. The molecule has 0 unspecified atom stereocenters. The van der Waals surface area contributed by atoms with Crippen LogP contribution in [0.2, 0.25) is 0 Å². The van der Waals surface area contributed by atoms with Crippen LogP contribution in [0, 0.1) is 0 Å². The lowest BCUT2D eigenvalue weighted by atomic mass is 10.3. The summed E-state index contributed by atoms with van der Waals surface area (Å²) >= 11 is 7.58. The Kier molecular flexibility index (Phi) is 6.07. The van der Waals surface area contributed by atoms with Crippen LogP contribution in [0.3, 0.4) is 0 Å². The molecule has 16 heavy (non-hydrogen) atoms. The van der Waals surface area contributed by atoms with Crippen LogP contribution < -0.4 is 4.90 Å². The number of thioether (sulfide) groups is 1. The van der Waals surface area contributed by atoms with Gasteiger partial charge in [-0.3, -0.25) is 0 Å². The Morgan fingerprint density at radius 2 is 1.88 bits per heavy atom. The van der Waals surface area contributed by atoms with Crippen molar-refractivity contribution in [2.45, 2.75) is 30.4 Å². The lowest BCUT2D eigenvalue weighted by Crippen LogP contribution is -2.18. The predicted molar refractivity (Wildman–Crippen MR) is 76.0 cm³/mol. The second kappa shape index (κ2) is 7.08.